The smallest absolute Gasteiger partial charge is 0.325 e. The van der Waals surface area contributed by atoms with Gasteiger partial charge >= 0.3 is 5.97 Å². The summed E-state index contributed by atoms with van der Waals surface area (Å²) in [6, 6.07) is 0. The molecule has 1 saturated carbocycles. The Balaban J connectivity index is 2.13. The van der Waals surface area contributed by atoms with Gasteiger partial charge in [0.2, 0.25) is 0 Å². The molecule has 0 radical (unpaired) electrons. The zero-order chi connectivity index (χ0) is 12.7. The van der Waals surface area contributed by atoms with E-state index < -0.39 is 5.54 Å². The molecule has 4 nitrogen and oxygen atoms in total. The van der Waals surface area contributed by atoms with Gasteiger partial charge in [0, 0.05) is 6.61 Å². The summed E-state index contributed by atoms with van der Waals surface area (Å²) >= 11 is 0. The first-order chi connectivity index (χ1) is 8.06. The Hall–Kier alpha value is -0.610. The van der Waals surface area contributed by atoms with Crippen molar-refractivity contribution in [3.63, 3.8) is 0 Å². The molecule has 0 heterocycles. The Bertz CT molecular complexity index is 235. The first kappa shape index (κ1) is 14.5. The molecular weight excluding hydrogens is 218 g/mol. The van der Waals surface area contributed by atoms with Crippen LogP contribution in [0.1, 0.15) is 52.4 Å². The van der Waals surface area contributed by atoms with Gasteiger partial charge in [0.05, 0.1) is 12.7 Å². The highest BCUT2D eigenvalue weighted by Crippen LogP contribution is 2.21. The van der Waals surface area contributed by atoms with Crippen LogP contribution in [0.25, 0.3) is 0 Å². The average Bonchev–Trinajstić information content (AvgIpc) is 2.77. The van der Waals surface area contributed by atoms with E-state index in [4.69, 9.17) is 15.2 Å². The number of ether oxygens (including phenoxy) is 2. The Morgan fingerprint density at radius 3 is 2.65 bits per heavy atom. The van der Waals surface area contributed by atoms with Crippen molar-refractivity contribution in [3.05, 3.63) is 0 Å². The monoisotopic (exact) mass is 243 g/mol. The van der Waals surface area contributed by atoms with Gasteiger partial charge in [0.15, 0.2) is 0 Å². The van der Waals surface area contributed by atoms with Gasteiger partial charge in [-0.1, -0.05) is 12.8 Å². The molecule has 1 rings (SSSR count). The number of carbonyl (C=O) groups is 1. The highest BCUT2D eigenvalue weighted by molar-refractivity contribution is 5.79. The molecule has 0 aliphatic heterocycles. The van der Waals surface area contributed by atoms with Crippen molar-refractivity contribution in [1.82, 2.24) is 0 Å². The second-order valence-corrected chi connectivity index (χ2v) is 5.02. The second-order valence-electron chi connectivity index (χ2n) is 5.02. The fraction of sp³-hybridized carbons (Fsp3) is 0.923. The molecule has 4 heteroatoms. The van der Waals surface area contributed by atoms with E-state index in [1.807, 2.05) is 0 Å². The maximum absolute atomic E-state index is 11.5. The zero-order valence-corrected chi connectivity index (χ0v) is 11.0. The zero-order valence-electron chi connectivity index (χ0n) is 11.0. The normalized spacial score (nSPS) is 20.2. The maximum atomic E-state index is 11.5. The Labute approximate surface area is 104 Å². The van der Waals surface area contributed by atoms with Crippen LogP contribution in [-0.2, 0) is 14.3 Å². The maximum Gasteiger partial charge on any atom is 0.325 e. The Morgan fingerprint density at radius 2 is 2.06 bits per heavy atom. The fourth-order valence-electron chi connectivity index (χ4n) is 2.14. The van der Waals surface area contributed by atoms with Crippen molar-refractivity contribution in [1.29, 1.82) is 0 Å². The summed E-state index contributed by atoms with van der Waals surface area (Å²) in [4.78, 5) is 11.5. The van der Waals surface area contributed by atoms with E-state index in [0.29, 0.717) is 25.7 Å². The molecule has 2 N–H and O–H groups in total. The molecule has 0 aromatic carbocycles. The summed E-state index contributed by atoms with van der Waals surface area (Å²) in [5.74, 6) is -0.319. The minimum absolute atomic E-state index is 0.319. The molecule has 0 amide bonds. The van der Waals surface area contributed by atoms with E-state index in [0.717, 1.165) is 6.42 Å². The molecule has 1 atom stereocenters. The minimum Gasteiger partial charge on any atom is -0.465 e. The van der Waals surface area contributed by atoms with Gasteiger partial charge in [-0.25, -0.2) is 0 Å². The number of hydrogen-bond acceptors (Lipinski definition) is 4. The predicted molar refractivity (Wildman–Crippen MR) is 66.7 cm³/mol. The van der Waals surface area contributed by atoms with Gasteiger partial charge in [0.1, 0.15) is 5.54 Å². The lowest BCUT2D eigenvalue weighted by Gasteiger charge is -2.22. The van der Waals surface area contributed by atoms with Gasteiger partial charge < -0.3 is 15.2 Å². The van der Waals surface area contributed by atoms with Crippen LogP contribution in [0.5, 0.6) is 0 Å². The Morgan fingerprint density at radius 1 is 1.41 bits per heavy atom. The standard InChI is InChI=1S/C13H25NO3/c1-3-16-12(15)13(2,14)9-6-10-17-11-7-4-5-8-11/h11H,3-10,14H2,1-2H3. The van der Waals surface area contributed by atoms with E-state index in [9.17, 15) is 4.79 Å². The minimum atomic E-state index is -0.880. The van der Waals surface area contributed by atoms with E-state index in [2.05, 4.69) is 0 Å². The number of carbonyl (C=O) groups excluding carboxylic acids is 1. The summed E-state index contributed by atoms with van der Waals surface area (Å²) in [6.07, 6.45) is 6.77. The number of esters is 1. The summed E-state index contributed by atoms with van der Waals surface area (Å²) in [7, 11) is 0. The number of rotatable bonds is 7. The highest BCUT2D eigenvalue weighted by atomic mass is 16.5. The van der Waals surface area contributed by atoms with Gasteiger partial charge in [-0.3, -0.25) is 4.79 Å². The number of hydrogen-bond donors (Lipinski definition) is 1. The average molecular weight is 243 g/mol. The van der Waals surface area contributed by atoms with Crippen molar-refractivity contribution >= 4 is 5.97 Å². The SMILES string of the molecule is CCOC(=O)C(C)(N)CCCOC1CCCC1. The second kappa shape index (κ2) is 6.97. The fourth-order valence-corrected chi connectivity index (χ4v) is 2.14. The van der Waals surface area contributed by atoms with Crippen molar-refractivity contribution in [2.24, 2.45) is 5.73 Å². The summed E-state index contributed by atoms with van der Waals surface area (Å²) in [5, 5.41) is 0. The van der Waals surface area contributed by atoms with Crippen LogP contribution in [0.4, 0.5) is 0 Å². The van der Waals surface area contributed by atoms with E-state index in [-0.39, 0.29) is 5.97 Å². The van der Waals surface area contributed by atoms with Crippen molar-refractivity contribution in [3.8, 4) is 0 Å². The topological polar surface area (TPSA) is 61.5 Å². The summed E-state index contributed by atoms with van der Waals surface area (Å²) in [5.41, 5.74) is 5.03. The van der Waals surface area contributed by atoms with Crippen LogP contribution < -0.4 is 5.73 Å². The molecule has 0 aromatic heterocycles. The van der Waals surface area contributed by atoms with E-state index in [1.54, 1.807) is 13.8 Å². The van der Waals surface area contributed by atoms with Gasteiger partial charge in [-0.05, 0) is 39.5 Å². The lowest BCUT2D eigenvalue weighted by molar-refractivity contribution is -0.149. The molecule has 100 valence electrons. The largest absolute Gasteiger partial charge is 0.465 e. The van der Waals surface area contributed by atoms with E-state index >= 15 is 0 Å². The van der Waals surface area contributed by atoms with Gasteiger partial charge in [-0.2, -0.15) is 0 Å². The molecule has 17 heavy (non-hydrogen) atoms. The van der Waals surface area contributed by atoms with Crippen molar-refractivity contribution in [2.45, 2.75) is 64.0 Å². The molecule has 1 aliphatic rings. The molecule has 0 spiro atoms. The molecule has 1 aliphatic carbocycles. The quantitative estimate of drug-likeness (QED) is 0.549. The molecule has 0 bridgehead atoms. The third kappa shape index (κ3) is 5.04. The number of nitrogens with two attached hydrogens (primary N) is 1. The van der Waals surface area contributed by atoms with Crippen molar-refractivity contribution in [2.75, 3.05) is 13.2 Å². The van der Waals surface area contributed by atoms with Crippen LogP contribution in [0.15, 0.2) is 0 Å². The summed E-state index contributed by atoms with van der Waals surface area (Å²) < 4.78 is 10.7. The van der Waals surface area contributed by atoms with Gasteiger partial charge in [-0.15, -0.1) is 0 Å². The molecule has 0 aromatic rings. The Kier molecular flexibility index (Phi) is 5.92. The first-order valence-electron chi connectivity index (χ1n) is 6.64. The van der Waals surface area contributed by atoms with Gasteiger partial charge in [0.25, 0.3) is 0 Å². The van der Waals surface area contributed by atoms with Crippen LogP contribution in [0.2, 0.25) is 0 Å². The third-order valence-electron chi connectivity index (χ3n) is 3.24. The summed E-state index contributed by atoms with van der Waals surface area (Å²) in [6.45, 7) is 4.58. The molecular formula is C13H25NO3. The van der Waals surface area contributed by atoms with Crippen molar-refractivity contribution < 1.29 is 14.3 Å². The molecule has 1 unspecified atom stereocenters. The lowest BCUT2D eigenvalue weighted by Crippen LogP contribution is -2.46. The first-order valence-corrected chi connectivity index (χ1v) is 6.64. The molecule has 0 saturated heterocycles. The third-order valence-corrected chi connectivity index (χ3v) is 3.24. The molecule has 1 fully saturated rings. The van der Waals surface area contributed by atoms with Crippen LogP contribution in [0.3, 0.4) is 0 Å². The predicted octanol–water partition coefficient (Wildman–Crippen LogP) is 2.01. The highest BCUT2D eigenvalue weighted by Gasteiger charge is 2.29. The van der Waals surface area contributed by atoms with Crippen LogP contribution in [-0.4, -0.2) is 30.8 Å². The van der Waals surface area contributed by atoms with E-state index in [1.165, 1.54) is 25.7 Å². The van der Waals surface area contributed by atoms with Crippen LogP contribution in [0, 0.1) is 0 Å². The lowest BCUT2D eigenvalue weighted by atomic mass is 9.98. The van der Waals surface area contributed by atoms with Crippen LogP contribution >= 0.6 is 0 Å².